The summed E-state index contributed by atoms with van der Waals surface area (Å²) in [6.45, 7) is 4.35. The summed E-state index contributed by atoms with van der Waals surface area (Å²) in [4.78, 5) is 25.8. The van der Waals surface area contributed by atoms with Crippen molar-refractivity contribution in [3.8, 4) is 0 Å². The normalized spacial score (nSPS) is 24.0. The molecule has 9 nitrogen and oxygen atoms in total. The average molecular weight is 487 g/mol. The number of nitrogen functional groups attached to an aromatic ring is 1. The fraction of sp³-hybridized carbons (Fsp3) is 0.500. The van der Waals surface area contributed by atoms with E-state index in [1.54, 1.807) is 0 Å². The Morgan fingerprint density at radius 1 is 1.27 bits per heavy atom. The van der Waals surface area contributed by atoms with Gasteiger partial charge in [-0.1, -0.05) is 6.07 Å². The van der Waals surface area contributed by atoms with E-state index in [1.165, 1.54) is 28.2 Å². The maximum atomic E-state index is 12.9. The Balaban J connectivity index is 1.14. The van der Waals surface area contributed by atoms with Gasteiger partial charge in [0, 0.05) is 18.3 Å². The molecular weight excluding hydrogens is 460 g/mol. The maximum Gasteiger partial charge on any atom is 0.263 e. The second-order valence-corrected chi connectivity index (χ2v) is 11.1. The number of carbonyl (C=O) groups excluding carboxylic acids is 1. The van der Waals surface area contributed by atoms with Gasteiger partial charge in [0.15, 0.2) is 0 Å². The van der Waals surface area contributed by atoms with Crippen LogP contribution in [0.3, 0.4) is 0 Å². The van der Waals surface area contributed by atoms with Gasteiger partial charge in [0.2, 0.25) is 5.79 Å². The number of ether oxygens (including phenoxy) is 2. The summed E-state index contributed by atoms with van der Waals surface area (Å²) in [5.74, 6) is 0.0717. The molecule has 3 aromatic rings. The highest BCUT2D eigenvalue weighted by atomic mass is 32.1. The van der Waals surface area contributed by atoms with Crippen LogP contribution in [0.5, 0.6) is 0 Å². The van der Waals surface area contributed by atoms with Gasteiger partial charge in [-0.05, 0) is 37.8 Å². The van der Waals surface area contributed by atoms with Crippen molar-refractivity contribution in [1.29, 1.82) is 0 Å². The summed E-state index contributed by atoms with van der Waals surface area (Å²) < 4.78 is 12.6. The molecular formula is C22H26N6O3S2. The van der Waals surface area contributed by atoms with Crippen LogP contribution < -0.4 is 21.7 Å². The van der Waals surface area contributed by atoms with Gasteiger partial charge < -0.3 is 31.2 Å². The van der Waals surface area contributed by atoms with Crippen LogP contribution in [0.25, 0.3) is 9.53 Å². The molecule has 0 bridgehead atoms. The van der Waals surface area contributed by atoms with E-state index in [2.05, 4.69) is 21.3 Å². The molecule has 0 saturated carbocycles. The molecule has 0 aromatic carbocycles. The Morgan fingerprint density at radius 2 is 2.09 bits per heavy atom. The zero-order valence-electron chi connectivity index (χ0n) is 18.3. The third-order valence-corrected chi connectivity index (χ3v) is 8.91. The zero-order valence-corrected chi connectivity index (χ0v) is 19.9. The lowest BCUT2D eigenvalue weighted by atomic mass is 9.91. The van der Waals surface area contributed by atoms with Gasteiger partial charge in [-0.25, -0.2) is 9.97 Å². The van der Waals surface area contributed by atoms with E-state index >= 15 is 0 Å². The molecule has 1 aliphatic carbocycles. The van der Waals surface area contributed by atoms with Crippen molar-refractivity contribution in [2.75, 3.05) is 36.9 Å². The first-order chi connectivity index (χ1) is 15.9. The topological polar surface area (TPSA) is 129 Å². The number of amides is 1. The van der Waals surface area contributed by atoms with Gasteiger partial charge in [0.05, 0.1) is 41.2 Å². The van der Waals surface area contributed by atoms with Crippen molar-refractivity contribution in [2.45, 2.75) is 44.1 Å². The van der Waals surface area contributed by atoms with E-state index in [1.807, 2.05) is 13.0 Å². The highest BCUT2D eigenvalue weighted by Gasteiger charge is 2.50. The van der Waals surface area contributed by atoms with Crippen molar-refractivity contribution < 1.29 is 14.3 Å². The molecule has 174 valence electrons. The van der Waals surface area contributed by atoms with Crippen LogP contribution in [0.1, 0.15) is 32.4 Å². The minimum atomic E-state index is -0.709. The average Bonchev–Trinajstić information content (AvgIpc) is 3.55. The Kier molecular flexibility index (Phi) is 5.07. The Morgan fingerprint density at radius 3 is 2.88 bits per heavy atom. The number of thiazole rings is 1. The smallest absolute Gasteiger partial charge is 0.263 e. The molecule has 5 heterocycles. The summed E-state index contributed by atoms with van der Waals surface area (Å²) >= 11 is 2.90. The predicted molar refractivity (Wildman–Crippen MR) is 129 cm³/mol. The van der Waals surface area contributed by atoms with Crippen LogP contribution in [0.2, 0.25) is 0 Å². The SMILES string of the molecule is Cc1nc2sc(C(=O)NC3CCc4nc(N5CC(N)C6(C5)OCCO6)ccc4C3)c(N)c2s1. The second-order valence-electron chi connectivity index (χ2n) is 8.90. The first kappa shape index (κ1) is 21.2. The molecule has 2 aliphatic heterocycles. The largest absolute Gasteiger partial charge is 0.396 e. The summed E-state index contributed by atoms with van der Waals surface area (Å²) in [5, 5.41) is 4.13. The van der Waals surface area contributed by atoms with Crippen LogP contribution in [0.4, 0.5) is 11.5 Å². The van der Waals surface area contributed by atoms with Crippen LogP contribution in [-0.2, 0) is 22.3 Å². The monoisotopic (exact) mass is 486 g/mol. The van der Waals surface area contributed by atoms with E-state index in [9.17, 15) is 4.79 Å². The van der Waals surface area contributed by atoms with Gasteiger partial charge >= 0.3 is 0 Å². The first-order valence-electron chi connectivity index (χ1n) is 11.2. The van der Waals surface area contributed by atoms with Crippen LogP contribution >= 0.6 is 22.7 Å². The Hall–Kier alpha value is -2.31. The standard InChI is InChI=1S/C22H26N6O3S2/c1-11-25-21-19(32-11)17(24)18(33-21)20(29)26-13-3-4-14-12(8-13)2-5-16(27-14)28-9-15(23)22(10-28)30-6-7-31-22/h2,5,13,15H,3-4,6-10,23-24H2,1H3,(H,26,29). The predicted octanol–water partition coefficient (Wildman–Crippen LogP) is 1.82. The molecule has 33 heavy (non-hydrogen) atoms. The van der Waals surface area contributed by atoms with E-state index in [4.69, 9.17) is 25.9 Å². The zero-order chi connectivity index (χ0) is 22.7. The number of pyridine rings is 1. The quantitative estimate of drug-likeness (QED) is 0.511. The Labute approximate surface area is 199 Å². The first-order valence-corrected chi connectivity index (χ1v) is 12.8. The Bertz CT molecular complexity index is 1230. The molecule has 1 spiro atoms. The fourth-order valence-corrected chi connectivity index (χ4v) is 7.09. The minimum absolute atomic E-state index is 0.0515. The number of aryl methyl sites for hydroxylation is 2. The molecule has 6 rings (SSSR count). The third kappa shape index (κ3) is 3.58. The number of nitrogens with two attached hydrogens (primary N) is 2. The lowest BCUT2D eigenvalue weighted by Gasteiger charge is -2.27. The molecule has 0 radical (unpaired) electrons. The number of aromatic nitrogens is 2. The number of hydrogen-bond acceptors (Lipinski definition) is 10. The van der Waals surface area contributed by atoms with Crippen molar-refractivity contribution in [3.63, 3.8) is 0 Å². The molecule has 2 fully saturated rings. The lowest BCUT2D eigenvalue weighted by molar-refractivity contribution is -0.147. The van der Waals surface area contributed by atoms with E-state index in [0.29, 0.717) is 36.9 Å². The van der Waals surface area contributed by atoms with Crippen LogP contribution in [0, 0.1) is 6.92 Å². The lowest BCUT2D eigenvalue weighted by Crippen LogP contribution is -2.47. The van der Waals surface area contributed by atoms with Gasteiger partial charge in [-0.2, -0.15) is 0 Å². The summed E-state index contributed by atoms with van der Waals surface area (Å²) in [5.41, 5.74) is 15.3. The van der Waals surface area contributed by atoms with Crippen molar-refractivity contribution in [3.05, 3.63) is 33.3 Å². The number of carbonyl (C=O) groups is 1. The van der Waals surface area contributed by atoms with Gasteiger partial charge in [-0.3, -0.25) is 4.79 Å². The van der Waals surface area contributed by atoms with Crippen LogP contribution in [0.15, 0.2) is 12.1 Å². The summed E-state index contributed by atoms with van der Waals surface area (Å²) in [6, 6.07) is 4.00. The highest BCUT2D eigenvalue weighted by Crippen LogP contribution is 2.37. The number of anilines is 2. The second kappa shape index (κ2) is 7.88. The van der Waals surface area contributed by atoms with Gasteiger partial charge in [0.1, 0.15) is 15.5 Å². The third-order valence-electron chi connectivity index (χ3n) is 6.68. The molecule has 2 atom stereocenters. The highest BCUT2D eigenvalue weighted by molar-refractivity contribution is 7.29. The molecule has 3 aliphatic rings. The fourth-order valence-electron chi connectivity index (χ4n) is 5.00. The number of nitrogens with one attached hydrogen (secondary N) is 1. The number of thiophene rings is 1. The molecule has 5 N–H and O–H groups in total. The molecule has 11 heteroatoms. The van der Waals surface area contributed by atoms with E-state index in [-0.39, 0.29) is 18.0 Å². The number of fused-ring (bicyclic) bond motifs is 2. The van der Waals surface area contributed by atoms with Crippen molar-refractivity contribution in [2.24, 2.45) is 5.73 Å². The number of nitrogens with zero attached hydrogens (tertiary/aromatic N) is 3. The summed E-state index contributed by atoms with van der Waals surface area (Å²) in [7, 11) is 0. The van der Waals surface area contributed by atoms with Gasteiger partial charge in [-0.15, -0.1) is 22.7 Å². The maximum absolute atomic E-state index is 12.9. The molecule has 2 unspecified atom stereocenters. The van der Waals surface area contributed by atoms with Gasteiger partial charge in [0.25, 0.3) is 5.91 Å². The van der Waals surface area contributed by atoms with E-state index < -0.39 is 5.79 Å². The van der Waals surface area contributed by atoms with Crippen molar-refractivity contribution >= 4 is 49.6 Å². The molecule has 2 saturated heterocycles. The van der Waals surface area contributed by atoms with Crippen LogP contribution in [-0.4, -0.2) is 60.0 Å². The van der Waals surface area contributed by atoms with Crippen molar-refractivity contribution in [1.82, 2.24) is 15.3 Å². The number of rotatable bonds is 3. The molecule has 3 aromatic heterocycles. The molecule has 1 amide bonds. The minimum Gasteiger partial charge on any atom is -0.396 e. The number of hydrogen-bond donors (Lipinski definition) is 3. The summed E-state index contributed by atoms with van der Waals surface area (Å²) in [6.07, 6.45) is 2.39. The van der Waals surface area contributed by atoms with E-state index in [0.717, 1.165) is 45.3 Å².